The summed E-state index contributed by atoms with van der Waals surface area (Å²) in [5, 5.41) is 11.9. The van der Waals surface area contributed by atoms with Crippen LogP contribution in [-0.4, -0.2) is 37.9 Å². The summed E-state index contributed by atoms with van der Waals surface area (Å²) in [6.07, 6.45) is 0.493. The van der Waals surface area contributed by atoms with Crippen LogP contribution in [0.3, 0.4) is 0 Å². The van der Waals surface area contributed by atoms with Gasteiger partial charge in [-0.15, -0.1) is 0 Å². The molecule has 2 N–H and O–H groups in total. The lowest BCUT2D eigenvalue weighted by molar-refractivity contribution is 0.0934. The SMILES string of the molecule is COc1cc(C(=O)NC(C)CCO)cc(Cl)c1OC. The summed E-state index contributed by atoms with van der Waals surface area (Å²) in [4.78, 5) is 12.0. The predicted octanol–water partition coefficient (Wildman–Crippen LogP) is 1.86. The maximum Gasteiger partial charge on any atom is 0.251 e. The minimum Gasteiger partial charge on any atom is -0.493 e. The van der Waals surface area contributed by atoms with Crippen molar-refractivity contribution in [3.05, 3.63) is 22.7 Å². The third-order valence-electron chi connectivity index (χ3n) is 2.64. The molecule has 0 aromatic heterocycles. The Balaban J connectivity index is 2.95. The van der Waals surface area contributed by atoms with E-state index in [0.29, 0.717) is 28.5 Å². The average molecular weight is 288 g/mol. The van der Waals surface area contributed by atoms with E-state index in [9.17, 15) is 4.79 Å². The quantitative estimate of drug-likeness (QED) is 0.838. The van der Waals surface area contributed by atoms with E-state index in [-0.39, 0.29) is 18.6 Å². The number of ether oxygens (including phenoxy) is 2. The lowest BCUT2D eigenvalue weighted by Gasteiger charge is -2.14. The van der Waals surface area contributed by atoms with E-state index >= 15 is 0 Å². The zero-order valence-corrected chi connectivity index (χ0v) is 12.0. The van der Waals surface area contributed by atoms with E-state index in [1.807, 2.05) is 6.92 Å². The van der Waals surface area contributed by atoms with E-state index in [0.717, 1.165) is 0 Å². The van der Waals surface area contributed by atoms with Crippen LogP contribution in [0.1, 0.15) is 23.7 Å². The van der Waals surface area contributed by atoms with Crippen LogP contribution in [0.5, 0.6) is 11.5 Å². The van der Waals surface area contributed by atoms with Crippen LogP contribution in [-0.2, 0) is 0 Å². The Morgan fingerprint density at radius 3 is 2.63 bits per heavy atom. The molecule has 1 rings (SSSR count). The molecule has 1 amide bonds. The first-order valence-electron chi connectivity index (χ1n) is 5.86. The summed E-state index contributed by atoms with van der Waals surface area (Å²) in [6.45, 7) is 1.84. The molecule has 0 aliphatic rings. The van der Waals surface area contributed by atoms with E-state index in [1.165, 1.54) is 20.3 Å². The fourth-order valence-corrected chi connectivity index (χ4v) is 1.91. The molecule has 0 saturated heterocycles. The number of carbonyl (C=O) groups is 1. The highest BCUT2D eigenvalue weighted by Gasteiger charge is 2.16. The van der Waals surface area contributed by atoms with Gasteiger partial charge < -0.3 is 19.9 Å². The van der Waals surface area contributed by atoms with Crippen LogP contribution in [0.4, 0.5) is 0 Å². The molecule has 1 aromatic carbocycles. The van der Waals surface area contributed by atoms with Gasteiger partial charge in [0.1, 0.15) is 0 Å². The second-order valence-corrected chi connectivity index (χ2v) is 4.49. The Kier molecular flexibility index (Phi) is 5.92. The molecule has 6 heteroatoms. The van der Waals surface area contributed by atoms with Crippen LogP contribution >= 0.6 is 11.6 Å². The molecule has 0 aliphatic heterocycles. The number of carbonyl (C=O) groups excluding carboxylic acids is 1. The van der Waals surface area contributed by atoms with Gasteiger partial charge in [0.15, 0.2) is 11.5 Å². The molecule has 19 heavy (non-hydrogen) atoms. The van der Waals surface area contributed by atoms with Crippen molar-refractivity contribution in [3.8, 4) is 11.5 Å². The minimum atomic E-state index is -0.274. The second-order valence-electron chi connectivity index (χ2n) is 4.08. The van der Waals surface area contributed by atoms with Crippen molar-refractivity contribution in [2.45, 2.75) is 19.4 Å². The predicted molar refractivity (Wildman–Crippen MR) is 73.2 cm³/mol. The monoisotopic (exact) mass is 287 g/mol. The van der Waals surface area contributed by atoms with Crippen molar-refractivity contribution >= 4 is 17.5 Å². The number of hydrogen-bond acceptors (Lipinski definition) is 4. The Morgan fingerprint density at radius 1 is 1.42 bits per heavy atom. The summed E-state index contributed by atoms with van der Waals surface area (Å²) in [7, 11) is 2.96. The van der Waals surface area contributed by atoms with E-state index < -0.39 is 0 Å². The maximum absolute atomic E-state index is 12.0. The number of nitrogens with one attached hydrogen (secondary N) is 1. The average Bonchev–Trinajstić information content (AvgIpc) is 2.37. The van der Waals surface area contributed by atoms with Gasteiger partial charge >= 0.3 is 0 Å². The molecule has 0 heterocycles. The second kappa shape index (κ2) is 7.21. The number of rotatable bonds is 6. The third-order valence-corrected chi connectivity index (χ3v) is 2.92. The molecule has 0 radical (unpaired) electrons. The molecule has 0 spiro atoms. The zero-order chi connectivity index (χ0) is 14.4. The summed E-state index contributed by atoms with van der Waals surface area (Å²) in [6, 6.07) is 2.96. The Labute approximate surface area is 117 Å². The van der Waals surface area contributed by atoms with Crippen LogP contribution in [0.2, 0.25) is 5.02 Å². The van der Waals surface area contributed by atoms with Crippen molar-refractivity contribution in [2.75, 3.05) is 20.8 Å². The Bertz CT molecular complexity index is 451. The van der Waals surface area contributed by atoms with Crippen molar-refractivity contribution in [2.24, 2.45) is 0 Å². The fraction of sp³-hybridized carbons (Fsp3) is 0.462. The normalized spacial score (nSPS) is 11.8. The number of amides is 1. The molecule has 1 unspecified atom stereocenters. The van der Waals surface area contributed by atoms with Crippen LogP contribution in [0.15, 0.2) is 12.1 Å². The molecule has 1 aromatic rings. The summed E-state index contributed by atoms with van der Waals surface area (Å²) >= 11 is 6.03. The van der Waals surface area contributed by atoms with Crippen LogP contribution in [0, 0.1) is 0 Å². The number of halogens is 1. The topological polar surface area (TPSA) is 67.8 Å². The van der Waals surface area contributed by atoms with Crippen molar-refractivity contribution in [1.82, 2.24) is 5.32 Å². The summed E-state index contributed by atoms with van der Waals surface area (Å²) in [5.74, 6) is 0.517. The highest BCUT2D eigenvalue weighted by atomic mass is 35.5. The number of benzene rings is 1. The number of hydrogen-bond donors (Lipinski definition) is 2. The van der Waals surface area contributed by atoms with Gasteiger partial charge in [-0.1, -0.05) is 11.6 Å². The van der Waals surface area contributed by atoms with E-state index in [4.69, 9.17) is 26.2 Å². The van der Waals surface area contributed by atoms with Gasteiger partial charge in [-0.25, -0.2) is 0 Å². The summed E-state index contributed by atoms with van der Waals surface area (Å²) < 4.78 is 10.2. The molecule has 5 nitrogen and oxygen atoms in total. The smallest absolute Gasteiger partial charge is 0.251 e. The van der Waals surface area contributed by atoms with Gasteiger partial charge in [0.05, 0.1) is 19.2 Å². The first kappa shape index (κ1) is 15.6. The van der Waals surface area contributed by atoms with Crippen molar-refractivity contribution in [3.63, 3.8) is 0 Å². The molecular formula is C13H18ClNO4. The molecule has 0 saturated carbocycles. The number of aliphatic hydroxyl groups excluding tert-OH is 1. The van der Waals surface area contributed by atoms with Gasteiger partial charge in [0.2, 0.25) is 0 Å². The molecule has 106 valence electrons. The van der Waals surface area contributed by atoms with Crippen LogP contribution < -0.4 is 14.8 Å². The zero-order valence-electron chi connectivity index (χ0n) is 11.2. The number of methoxy groups -OCH3 is 2. The van der Waals surface area contributed by atoms with Crippen molar-refractivity contribution in [1.29, 1.82) is 0 Å². The minimum absolute atomic E-state index is 0.0220. The molecule has 0 bridgehead atoms. The lowest BCUT2D eigenvalue weighted by Crippen LogP contribution is -2.33. The first-order chi connectivity index (χ1) is 9.03. The largest absolute Gasteiger partial charge is 0.493 e. The fourth-order valence-electron chi connectivity index (χ4n) is 1.62. The number of aliphatic hydroxyl groups is 1. The van der Waals surface area contributed by atoms with Crippen LogP contribution in [0.25, 0.3) is 0 Å². The Morgan fingerprint density at radius 2 is 2.11 bits per heavy atom. The highest BCUT2D eigenvalue weighted by molar-refractivity contribution is 6.32. The highest BCUT2D eigenvalue weighted by Crippen LogP contribution is 2.35. The molecule has 0 aliphatic carbocycles. The molecule has 1 atom stereocenters. The molecule has 0 fully saturated rings. The lowest BCUT2D eigenvalue weighted by atomic mass is 10.1. The van der Waals surface area contributed by atoms with Gasteiger partial charge in [-0.05, 0) is 25.5 Å². The standard InChI is InChI=1S/C13H18ClNO4/c1-8(4-5-16)15-13(17)9-6-10(14)12(19-3)11(7-9)18-2/h6-8,16H,4-5H2,1-3H3,(H,15,17). The van der Waals surface area contributed by atoms with Gasteiger partial charge in [-0.3, -0.25) is 4.79 Å². The third kappa shape index (κ3) is 4.01. The van der Waals surface area contributed by atoms with Gasteiger partial charge in [-0.2, -0.15) is 0 Å². The Hall–Kier alpha value is -1.46. The first-order valence-corrected chi connectivity index (χ1v) is 6.24. The van der Waals surface area contributed by atoms with Crippen molar-refractivity contribution < 1.29 is 19.4 Å². The van der Waals surface area contributed by atoms with Gasteiger partial charge in [0, 0.05) is 18.2 Å². The van der Waals surface area contributed by atoms with E-state index in [1.54, 1.807) is 6.07 Å². The molecular weight excluding hydrogens is 270 g/mol. The van der Waals surface area contributed by atoms with Gasteiger partial charge in [0.25, 0.3) is 5.91 Å². The van der Waals surface area contributed by atoms with E-state index in [2.05, 4.69) is 5.32 Å². The summed E-state index contributed by atoms with van der Waals surface area (Å²) in [5.41, 5.74) is 0.382. The maximum atomic E-state index is 12.0.